The maximum absolute atomic E-state index is 12.6. The molecular weight excluding hydrogens is 348 g/mol. The molecule has 1 heterocycles. The lowest BCUT2D eigenvalue weighted by molar-refractivity contribution is -0.384. The number of halogens is 1. The number of carbonyl (C=O) groups excluding carboxylic acids is 1. The van der Waals surface area contributed by atoms with Crippen molar-refractivity contribution >= 4 is 40.6 Å². The van der Waals surface area contributed by atoms with E-state index in [-0.39, 0.29) is 11.6 Å². The quantitative estimate of drug-likeness (QED) is 0.461. The molecule has 0 saturated heterocycles. The molecule has 7 heteroatoms. The molecule has 0 radical (unpaired) electrons. The molecule has 1 amide bonds. The van der Waals surface area contributed by atoms with Crippen molar-refractivity contribution < 1.29 is 9.72 Å². The number of nitrogens with zero attached hydrogens (tertiary/aromatic N) is 2. The van der Waals surface area contributed by atoms with E-state index in [0.29, 0.717) is 17.3 Å². The van der Waals surface area contributed by atoms with Crippen LogP contribution in [0.1, 0.15) is 12.0 Å². The van der Waals surface area contributed by atoms with Gasteiger partial charge in [0.1, 0.15) is 0 Å². The average molecular weight is 363 g/mol. The molecule has 0 N–H and O–H groups in total. The minimum absolute atomic E-state index is 0.0293. The number of non-ortho nitro benzene ring substituents is 1. The van der Waals surface area contributed by atoms with Gasteiger partial charge in [0, 0.05) is 34.3 Å². The zero-order valence-corrected chi connectivity index (χ0v) is 14.3. The molecule has 0 spiro atoms. The summed E-state index contributed by atoms with van der Waals surface area (Å²) in [7, 11) is 0. The molecule has 2 aromatic rings. The Morgan fingerprint density at radius 1 is 1.25 bits per heavy atom. The van der Waals surface area contributed by atoms with E-state index < -0.39 is 4.92 Å². The fraction of sp³-hybridized carbons (Fsp3) is 0.235. The van der Waals surface area contributed by atoms with Crippen molar-refractivity contribution in [2.75, 3.05) is 17.2 Å². The summed E-state index contributed by atoms with van der Waals surface area (Å²) in [5, 5.41) is 11.3. The second kappa shape index (κ2) is 7.23. The van der Waals surface area contributed by atoms with Gasteiger partial charge in [-0.15, -0.1) is 11.8 Å². The number of nitro benzene ring substituents is 1. The van der Waals surface area contributed by atoms with Gasteiger partial charge in [-0.2, -0.15) is 0 Å². The third-order valence-electron chi connectivity index (χ3n) is 3.87. The smallest absolute Gasteiger partial charge is 0.269 e. The van der Waals surface area contributed by atoms with Crippen LogP contribution in [0, 0.1) is 10.1 Å². The molecule has 0 bridgehead atoms. The van der Waals surface area contributed by atoms with Crippen molar-refractivity contribution in [3.63, 3.8) is 0 Å². The first kappa shape index (κ1) is 16.8. The predicted molar refractivity (Wildman–Crippen MR) is 95.9 cm³/mol. The lowest BCUT2D eigenvalue weighted by Gasteiger charge is -2.29. The third-order valence-corrected chi connectivity index (χ3v) is 5.10. The number of thioether (sulfide) groups is 1. The van der Waals surface area contributed by atoms with E-state index >= 15 is 0 Å². The van der Waals surface area contributed by atoms with E-state index in [4.69, 9.17) is 11.6 Å². The minimum atomic E-state index is -0.435. The summed E-state index contributed by atoms with van der Waals surface area (Å²) in [6, 6.07) is 11.8. The number of amides is 1. The Hall–Kier alpha value is -2.05. The van der Waals surface area contributed by atoms with Crippen molar-refractivity contribution in [1.29, 1.82) is 0 Å². The molecule has 0 fully saturated rings. The fourth-order valence-electron chi connectivity index (χ4n) is 2.71. The van der Waals surface area contributed by atoms with E-state index in [1.54, 1.807) is 23.1 Å². The summed E-state index contributed by atoms with van der Waals surface area (Å²) in [4.78, 5) is 25.4. The van der Waals surface area contributed by atoms with Gasteiger partial charge in [0.15, 0.2) is 0 Å². The maximum atomic E-state index is 12.6. The topological polar surface area (TPSA) is 63.4 Å². The second-order valence-corrected chi connectivity index (χ2v) is 6.95. The number of hydrogen-bond donors (Lipinski definition) is 0. The van der Waals surface area contributed by atoms with Crippen molar-refractivity contribution in [2.24, 2.45) is 0 Å². The zero-order valence-electron chi connectivity index (χ0n) is 12.8. The number of anilines is 1. The predicted octanol–water partition coefficient (Wildman–Crippen LogP) is 4.32. The third kappa shape index (κ3) is 3.71. The van der Waals surface area contributed by atoms with Crippen LogP contribution in [0.25, 0.3) is 0 Å². The highest BCUT2D eigenvalue weighted by molar-refractivity contribution is 8.00. The molecule has 2 aromatic carbocycles. The molecular formula is C17H15ClN2O3S. The first-order valence-electron chi connectivity index (χ1n) is 7.50. The molecule has 0 aromatic heterocycles. The monoisotopic (exact) mass is 362 g/mol. The van der Waals surface area contributed by atoms with E-state index in [9.17, 15) is 14.9 Å². The highest BCUT2D eigenvalue weighted by atomic mass is 35.5. The molecule has 0 unspecified atom stereocenters. The molecule has 124 valence electrons. The molecule has 5 nitrogen and oxygen atoms in total. The van der Waals surface area contributed by atoms with E-state index in [1.807, 2.05) is 12.1 Å². The Bertz CT molecular complexity index is 780. The van der Waals surface area contributed by atoms with Crippen LogP contribution in [-0.2, 0) is 11.2 Å². The molecule has 0 saturated carbocycles. The SMILES string of the molecule is O=C(CSc1ccc([N+](=O)[O-])cc1)N1CCCc2cc(Cl)ccc21. The van der Waals surface area contributed by atoms with Crippen molar-refractivity contribution in [1.82, 2.24) is 0 Å². The van der Waals surface area contributed by atoms with Gasteiger partial charge in [0.05, 0.1) is 10.7 Å². The van der Waals surface area contributed by atoms with Crippen LogP contribution in [0.4, 0.5) is 11.4 Å². The van der Waals surface area contributed by atoms with Crippen LogP contribution >= 0.6 is 23.4 Å². The van der Waals surface area contributed by atoms with Crippen LogP contribution < -0.4 is 4.90 Å². The van der Waals surface area contributed by atoms with Crippen LogP contribution in [0.5, 0.6) is 0 Å². The maximum Gasteiger partial charge on any atom is 0.269 e. The molecule has 1 aliphatic heterocycles. The van der Waals surface area contributed by atoms with Crippen molar-refractivity contribution in [2.45, 2.75) is 17.7 Å². The van der Waals surface area contributed by atoms with E-state index in [1.165, 1.54) is 23.9 Å². The molecule has 3 rings (SSSR count). The Morgan fingerprint density at radius 2 is 2.00 bits per heavy atom. The fourth-order valence-corrected chi connectivity index (χ4v) is 3.68. The van der Waals surface area contributed by atoms with Gasteiger partial charge in [-0.1, -0.05) is 11.6 Å². The van der Waals surface area contributed by atoms with Crippen LogP contribution in [-0.4, -0.2) is 23.1 Å². The van der Waals surface area contributed by atoms with Crippen molar-refractivity contribution in [3.05, 3.63) is 63.2 Å². The standard InChI is InChI=1S/C17H15ClN2O3S/c18-13-3-8-16-12(10-13)2-1-9-19(16)17(21)11-24-15-6-4-14(5-7-15)20(22)23/h3-8,10H,1-2,9,11H2. The zero-order chi connectivity index (χ0) is 17.1. The number of aryl methyl sites for hydroxylation is 1. The average Bonchev–Trinajstić information content (AvgIpc) is 2.59. The van der Waals surface area contributed by atoms with Gasteiger partial charge in [-0.05, 0) is 48.7 Å². The number of nitro groups is 1. The summed E-state index contributed by atoms with van der Waals surface area (Å²) >= 11 is 7.41. The molecule has 1 aliphatic rings. The normalized spacial score (nSPS) is 13.5. The summed E-state index contributed by atoms with van der Waals surface area (Å²) in [5.41, 5.74) is 2.08. The minimum Gasteiger partial charge on any atom is -0.311 e. The van der Waals surface area contributed by atoms with Gasteiger partial charge in [0.25, 0.3) is 5.69 Å². The Morgan fingerprint density at radius 3 is 2.71 bits per heavy atom. The summed E-state index contributed by atoms with van der Waals surface area (Å²) < 4.78 is 0. The number of carbonyl (C=O) groups is 1. The Labute approximate surface area is 148 Å². The molecule has 0 aliphatic carbocycles. The van der Waals surface area contributed by atoms with Gasteiger partial charge in [-0.25, -0.2) is 0 Å². The Balaban J connectivity index is 1.67. The highest BCUT2D eigenvalue weighted by Gasteiger charge is 2.22. The van der Waals surface area contributed by atoms with Gasteiger partial charge in [-0.3, -0.25) is 14.9 Å². The number of hydrogen-bond acceptors (Lipinski definition) is 4. The van der Waals surface area contributed by atoms with Gasteiger partial charge in [0.2, 0.25) is 5.91 Å². The van der Waals surface area contributed by atoms with Crippen molar-refractivity contribution in [3.8, 4) is 0 Å². The van der Waals surface area contributed by atoms with Gasteiger partial charge < -0.3 is 4.90 Å². The Kier molecular flexibility index (Phi) is 5.06. The lowest BCUT2D eigenvalue weighted by atomic mass is 10.0. The summed E-state index contributed by atoms with van der Waals surface area (Å²) in [5.74, 6) is 0.321. The molecule has 0 atom stereocenters. The number of fused-ring (bicyclic) bond motifs is 1. The number of rotatable bonds is 4. The number of benzene rings is 2. The largest absolute Gasteiger partial charge is 0.311 e. The summed E-state index contributed by atoms with van der Waals surface area (Å²) in [6.45, 7) is 0.703. The first-order valence-corrected chi connectivity index (χ1v) is 8.87. The second-order valence-electron chi connectivity index (χ2n) is 5.46. The summed E-state index contributed by atoms with van der Waals surface area (Å²) in [6.07, 6.45) is 1.84. The van der Waals surface area contributed by atoms with Gasteiger partial charge >= 0.3 is 0 Å². The lowest BCUT2D eigenvalue weighted by Crippen LogP contribution is -2.36. The van der Waals surface area contributed by atoms with Crippen LogP contribution in [0.3, 0.4) is 0 Å². The van der Waals surface area contributed by atoms with E-state index in [2.05, 4.69) is 0 Å². The molecule has 24 heavy (non-hydrogen) atoms. The van der Waals surface area contributed by atoms with Crippen LogP contribution in [0.15, 0.2) is 47.4 Å². The first-order chi connectivity index (χ1) is 11.5. The van der Waals surface area contributed by atoms with Crippen LogP contribution in [0.2, 0.25) is 5.02 Å². The van der Waals surface area contributed by atoms with E-state index in [0.717, 1.165) is 29.0 Å². The highest BCUT2D eigenvalue weighted by Crippen LogP contribution is 2.31.